The fourth-order valence-corrected chi connectivity index (χ4v) is 4.04. The highest BCUT2D eigenvalue weighted by molar-refractivity contribution is 7.91. The largest absolute Gasteiger partial charge is 0.278 e. The number of hydrogen-bond acceptors (Lipinski definition) is 5. The quantitative estimate of drug-likeness (QED) is 0.582. The summed E-state index contributed by atoms with van der Waals surface area (Å²) < 4.78 is 25.9. The van der Waals surface area contributed by atoms with Crippen molar-refractivity contribution in [1.29, 1.82) is 0 Å². The van der Waals surface area contributed by atoms with Crippen LogP contribution in [-0.2, 0) is 9.84 Å². The molecule has 0 aliphatic carbocycles. The zero-order valence-corrected chi connectivity index (χ0v) is 12.5. The van der Waals surface area contributed by atoms with E-state index in [1.165, 1.54) is 36.7 Å². The minimum Gasteiger partial charge on any atom is -0.278 e. The summed E-state index contributed by atoms with van der Waals surface area (Å²) in [5.41, 5.74) is 0.286. The van der Waals surface area contributed by atoms with Gasteiger partial charge in [-0.15, -0.1) is 0 Å². The van der Waals surface area contributed by atoms with Crippen LogP contribution in [0.1, 0.15) is 0 Å². The molecule has 0 aliphatic rings. The molecule has 0 aliphatic heterocycles. The molecule has 23 heavy (non-hydrogen) atoms. The zero-order chi connectivity index (χ0) is 16.0. The van der Waals surface area contributed by atoms with Crippen LogP contribution < -0.4 is 5.56 Å². The maximum absolute atomic E-state index is 12.9. The second-order valence-corrected chi connectivity index (χ2v) is 6.96. The third kappa shape index (κ3) is 2.03. The monoisotopic (exact) mass is 326 g/mol. The predicted octanol–water partition coefficient (Wildman–Crippen LogP) is 1.63. The van der Waals surface area contributed by atoms with Crippen LogP contribution in [0.5, 0.6) is 0 Å². The number of fused-ring (bicyclic) bond motifs is 2. The second-order valence-electron chi connectivity index (χ2n) is 5.04. The smallest absolute Gasteiger partial charge is 0.272 e. The molecule has 2 N–H and O–H groups in total. The van der Waals surface area contributed by atoms with Gasteiger partial charge in [0.2, 0.25) is 9.84 Å². The van der Waals surface area contributed by atoms with Gasteiger partial charge < -0.3 is 0 Å². The van der Waals surface area contributed by atoms with Crippen molar-refractivity contribution in [2.24, 2.45) is 0 Å². The van der Waals surface area contributed by atoms with Crippen LogP contribution in [0.15, 0.2) is 63.4 Å². The Morgan fingerprint density at radius 1 is 0.913 bits per heavy atom. The summed E-state index contributed by atoms with van der Waals surface area (Å²) in [5, 5.41) is 14.0. The van der Waals surface area contributed by atoms with E-state index in [1.807, 2.05) is 0 Å². The van der Waals surface area contributed by atoms with Crippen LogP contribution >= 0.6 is 0 Å². The minimum absolute atomic E-state index is 0.103. The van der Waals surface area contributed by atoms with Crippen molar-refractivity contribution in [3.63, 3.8) is 0 Å². The maximum Gasteiger partial charge on any atom is 0.272 e. The lowest BCUT2D eigenvalue weighted by molar-refractivity contribution is 0.597. The molecule has 0 saturated carbocycles. The highest BCUT2D eigenvalue weighted by Gasteiger charge is 2.21. The van der Waals surface area contributed by atoms with Crippen LogP contribution in [0.25, 0.3) is 21.7 Å². The van der Waals surface area contributed by atoms with Crippen LogP contribution in [-0.4, -0.2) is 28.8 Å². The van der Waals surface area contributed by atoms with E-state index in [0.29, 0.717) is 21.7 Å². The topological polar surface area (TPSA) is 109 Å². The summed E-state index contributed by atoms with van der Waals surface area (Å²) in [5.74, 6) is 0. The molecule has 2 aromatic heterocycles. The summed E-state index contributed by atoms with van der Waals surface area (Å²) in [6, 6.07) is 9.30. The lowest BCUT2D eigenvalue weighted by atomic mass is 10.2. The fourth-order valence-electron chi connectivity index (χ4n) is 2.54. The number of H-pyrrole nitrogens is 2. The van der Waals surface area contributed by atoms with Gasteiger partial charge in [-0.3, -0.25) is 9.89 Å². The molecular weight excluding hydrogens is 316 g/mol. The standard InChI is InChI=1S/C15H10N4O3S/c20-15-11-5-4-10(6-9(11)7-16-19-15)23(21,22)14-3-1-2-13-12(14)8-17-18-13/h1-8H,(H,17,18)(H,19,20). The Labute approximate surface area is 129 Å². The first-order chi connectivity index (χ1) is 11.1. The molecule has 0 bridgehead atoms. The third-order valence-corrected chi connectivity index (χ3v) is 5.49. The van der Waals surface area contributed by atoms with Gasteiger partial charge in [-0.2, -0.15) is 10.2 Å². The van der Waals surface area contributed by atoms with Crippen LogP contribution in [0.2, 0.25) is 0 Å². The van der Waals surface area contributed by atoms with Gasteiger partial charge in [-0.1, -0.05) is 6.07 Å². The third-order valence-electron chi connectivity index (χ3n) is 3.68. The van der Waals surface area contributed by atoms with Gasteiger partial charge in [0.15, 0.2) is 0 Å². The van der Waals surface area contributed by atoms with Crippen molar-refractivity contribution in [3.05, 3.63) is 59.1 Å². The van der Waals surface area contributed by atoms with Gasteiger partial charge in [-0.25, -0.2) is 13.5 Å². The molecule has 0 amide bonds. The fraction of sp³-hybridized carbons (Fsp3) is 0. The van der Waals surface area contributed by atoms with E-state index in [1.54, 1.807) is 12.1 Å². The van der Waals surface area contributed by atoms with Crippen molar-refractivity contribution in [2.45, 2.75) is 9.79 Å². The Hall–Kier alpha value is -3.00. The van der Waals surface area contributed by atoms with Crippen LogP contribution in [0, 0.1) is 0 Å². The zero-order valence-electron chi connectivity index (χ0n) is 11.6. The van der Waals surface area contributed by atoms with E-state index in [4.69, 9.17) is 0 Å². The van der Waals surface area contributed by atoms with Crippen molar-refractivity contribution < 1.29 is 8.42 Å². The highest BCUT2D eigenvalue weighted by Crippen LogP contribution is 2.28. The number of aromatic amines is 2. The molecule has 2 aromatic carbocycles. The summed E-state index contributed by atoms with van der Waals surface area (Å²) >= 11 is 0. The minimum atomic E-state index is -3.74. The van der Waals surface area contributed by atoms with Crippen molar-refractivity contribution in [2.75, 3.05) is 0 Å². The van der Waals surface area contributed by atoms with Crippen molar-refractivity contribution >= 4 is 31.5 Å². The van der Waals surface area contributed by atoms with Gasteiger partial charge in [0.05, 0.1) is 33.1 Å². The molecular formula is C15H10N4O3S. The molecule has 7 nitrogen and oxygen atoms in total. The highest BCUT2D eigenvalue weighted by atomic mass is 32.2. The number of benzene rings is 2. The summed E-state index contributed by atoms with van der Waals surface area (Å²) in [6.07, 6.45) is 2.91. The molecule has 0 atom stereocenters. The first kappa shape index (κ1) is 13.6. The Morgan fingerprint density at radius 2 is 1.74 bits per heavy atom. The van der Waals surface area contributed by atoms with Crippen molar-refractivity contribution in [3.8, 4) is 0 Å². The van der Waals surface area contributed by atoms with E-state index >= 15 is 0 Å². The molecule has 0 saturated heterocycles. The SMILES string of the molecule is O=c1[nH]ncc2cc(S(=O)(=O)c3cccc4[nH]ncc34)ccc12. The first-order valence-electron chi connectivity index (χ1n) is 6.72. The van der Waals surface area contributed by atoms with Gasteiger partial charge >= 0.3 is 0 Å². The van der Waals surface area contributed by atoms with Crippen LogP contribution in [0.3, 0.4) is 0 Å². The molecule has 4 aromatic rings. The van der Waals surface area contributed by atoms with E-state index in [9.17, 15) is 13.2 Å². The lowest BCUT2D eigenvalue weighted by Gasteiger charge is -2.06. The molecule has 0 radical (unpaired) electrons. The van der Waals surface area contributed by atoms with E-state index < -0.39 is 9.84 Å². The second kappa shape index (κ2) is 4.75. The first-order valence-corrected chi connectivity index (χ1v) is 8.20. The number of rotatable bonds is 2. The molecule has 0 fully saturated rings. The summed E-state index contributed by atoms with van der Waals surface area (Å²) in [4.78, 5) is 11.9. The van der Waals surface area contributed by atoms with Gasteiger partial charge in [-0.05, 0) is 30.3 Å². The number of hydrogen-bond donors (Lipinski definition) is 2. The summed E-state index contributed by atoms with van der Waals surface area (Å²) in [7, 11) is -3.74. The van der Waals surface area contributed by atoms with Crippen LogP contribution in [0.4, 0.5) is 0 Å². The molecule has 4 rings (SSSR count). The normalized spacial score (nSPS) is 12.0. The van der Waals surface area contributed by atoms with Gasteiger partial charge in [0, 0.05) is 10.8 Å². The van der Waals surface area contributed by atoms with E-state index in [2.05, 4.69) is 20.4 Å². The summed E-state index contributed by atoms with van der Waals surface area (Å²) in [6.45, 7) is 0. The Kier molecular flexibility index (Phi) is 2.82. The van der Waals surface area contributed by atoms with E-state index in [0.717, 1.165) is 0 Å². The Morgan fingerprint density at radius 3 is 2.61 bits per heavy atom. The Balaban J connectivity index is 1.99. The van der Waals surface area contributed by atoms with Gasteiger partial charge in [0.25, 0.3) is 5.56 Å². The average molecular weight is 326 g/mol. The Bertz CT molecular complexity index is 1210. The molecule has 2 heterocycles. The lowest BCUT2D eigenvalue weighted by Crippen LogP contribution is -2.08. The molecule has 114 valence electrons. The predicted molar refractivity (Wildman–Crippen MR) is 83.9 cm³/mol. The molecule has 0 unspecified atom stereocenters. The maximum atomic E-state index is 12.9. The number of sulfone groups is 1. The van der Waals surface area contributed by atoms with E-state index in [-0.39, 0.29) is 15.4 Å². The van der Waals surface area contributed by atoms with Gasteiger partial charge in [0.1, 0.15) is 0 Å². The average Bonchev–Trinajstić information content (AvgIpc) is 3.03. The number of aromatic nitrogens is 4. The number of nitrogens with zero attached hydrogens (tertiary/aromatic N) is 2. The molecule has 8 heteroatoms. The number of nitrogens with one attached hydrogen (secondary N) is 2. The van der Waals surface area contributed by atoms with Crippen molar-refractivity contribution in [1.82, 2.24) is 20.4 Å². The molecule has 0 spiro atoms.